The van der Waals surface area contributed by atoms with Gasteiger partial charge in [-0.2, -0.15) is 0 Å². The van der Waals surface area contributed by atoms with Gasteiger partial charge < -0.3 is 34.3 Å². The van der Waals surface area contributed by atoms with Gasteiger partial charge in [-0.3, -0.25) is 4.99 Å². The summed E-state index contributed by atoms with van der Waals surface area (Å²) in [5.74, 6) is 4.28. The number of benzene rings is 2. The lowest BCUT2D eigenvalue weighted by atomic mass is 10.1. The van der Waals surface area contributed by atoms with Crippen molar-refractivity contribution in [1.82, 2.24) is 5.32 Å². The van der Waals surface area contributed by atoms with Gasteiger partial charge in [0.2, 0.25) is 0 Å². The van der Waals surface area contributed by atoms with Crippen LogP contribution in [0.4, 0.5) is 5.69 Å². The molecule has 0 atom stereocenters. The number of anilines is 1. The van der Waals surface area contributed by atoms with E-state index >= 15 is 0 Å². The highest BCUT2D eigenvalue weighted by Gasteiger charge is 2.14. The number of hydrogen-bond acceptors (Lipinski definition) is 6. The molecule has 2 N–H and O–H groups in total. The molecule has 0 fully saturated rings. The zero-order valence-electron chi connectivity index (χ0n) is 18.3. The molecule has 9 heteroatoms. The maximum absolute atomic E-state index is 5.75. The number of nitrogens with one attached hydrogen (secondary N) is 2. The molecule has 0 unspecified atom stereocenters. The Kier molecular flexibility index (Phi) is 9.83. The van der Waals surface area contributed by atoms with Crippen LogP contribution in [0.5, 0.6) is 28.7 Å². The van der Waals surface area contributed by atoms with E-state index in [0.717, 1.165) is 40.7 Å². The van der Waals surface area contributed by atoms with Crippen LogP contribution >= 0.6 is 24.0 Å². The fourth-order valence-corrected chi connectivity index (χ4v) is 3.19. The zero-order chi connectivity index (χ0) is 21.3. The lowest BCUT2D eigenvalue weighted by Crippen LogP contribution is -2.32. The first-order valence-electron chi connectivity index (χ1n) is 9.84. The topological polar surface area (TPSA) is 82.6 Å². The Labute approximate surface area is 200 Å². The maximum Gasteiger partial charge on any atom is 0.195 e. The third-order valence-corrected chi connectivity index (χ3v) is 4.72. The van der Waals surface area contributed by atoms with Crippen LogP contribution in [0.15, 0.2) is 35.3 Å². The summed E-state index contributed by atoms with van der Waals surface area (Å²) < 4.78 is 27.8. The van der Waals surface area contributed by atoms with Crippen LogP contribution in [-0.2, 0) is 6.42 Å². The van der Waals surface area contributed by atoms with Gasteiger partial charge in [0.1, 0.15) is 17.2 Å². The smallest absolute Gasteiger partial charge is 0.195 e. The third-order valence-electron chi connectivity index (χ3n) is 4.72. The number of hydrogen-bond donors (Lipinski definition) is 2. The van der Waals surface area contributed by atoms with E-state index in [-0.39, 0.29) is 24.0 Å². The molecule has 0 amide bonds. The summed E-state index contributed by atoms with van der Waals surface area (Å²) >= 11 is 0. The van der Waals surface area contributed by atoms with Gasteiger partial charge in [-0.05, 0) is 18.6 Å². The molecule has 2 aromatic carbocycles. The van der Waals surface area contributed by atoms with Crippen molar-refractivity contribution in [3.63, 3.8) is 0 Å². The number of methoxy groups -OCH3 is 3. The lowest BCUT2D eigenvalue weighted by Gasteiger charge is -2.17. The van der Waals surface area contributed by atoms with Crippen molar-refractivity contribution in [3.8, 4) is 28.7 Å². The molecule has 2 aromatic rings. The van der Waals surface area contributed by atoms with Crippen molar-refractivity contribution in [3.05, 3.63) is 35.9 Å². The first kappa shape index (κ1) is 24.7. The first-order valence-corrected chi connectivity index (χ1v) is 9.84. The molecule has 3 rings (SSSR count). The van der Waals surface area contributed by atoms with Gasteiger partial charge in [0.05, 0.1) is 34.5 Å². The summed E-state index contributed by atoms with van der Waals surface area (Å²) in [7, 11) is 6.61. The summed E-state index contributed by atoms with van der Waals surface area (Å²) in [6.07, 6.45) is 1.55. The minimum Gasteiger partial charge on any atom is -0.496 e. The second-order valence-corrected chi connectivity index (χ2v) is 6.60. The van der Waals surface area contributed by atoms with E-state index < -0.39 is 0 Å². The van der Waals surface area contributed by atoms with Gasteiger partial charge in [-0.1, -0.05) is 0 Å². The zero-order valence-corrected chi connectivity index (χ0v) is 20.6. The summed E-state index contributed by atoms with van der Waals surface area (Å²) in [5.41, 5.74) is 1.83. The summed E-state index contributed by atoms with van der Waals surface area (Å²) in [6, 6.07) is 9.47. The van der Waals surface area contributed by atoms with Crippen LogP contribution in [0, 0.1) is 0 Å². The standard InChI is InChI=1S/C22H29N3O5.HI/c1-23-22(25-15-6-7-18-21(12-15)30-11-5-10-29-18)24-9-8-17-19(27-3)13-16(26-2)14-20(17)28-4;/h6-7,12-14H,5,8-11H2,1-4H3,(H2,23,24,25);1H. The quantitative estimate of drug-likeness (QED) is 0.313. The second-order valence-electron chi connectivity index (χ2n) is 6.60. The minimum atomic E-state index is 0. The third kappa shape index (κ3) is 6.46. The summed E-state index contributed by atoms with van der Waals surface area (Å²) in [5, 5.41) is 6.60. The van der Waals surface area contributed by atoms with E-state index in [0.29, 0.717) is 37.9 Å². The molecule has 170 valence electrons. The van der Waals surface area contributed by atoms with Crippen molar-refractivity contribution >= 4 is 35.6 Å². The number of guanidine groups is 1. The van der Waals surface area contributed by atoms with Crippen LogP contribution in [0.2, 0.25) is 0 Å². The molecule has 1 heterocycles. The predicted molar refractivity (Wildman–Crippen MR) is 132 cm³/mol. The maximum atomic E-state index is 5.75. The number of ether oxygens (including phenoxy) is 5. The Morgan fingerprint density at radius 3 is 2.26 bits per heavy atom. The molecule has 1 aliphatic rings. The molecular formula is C22H30IN3O5. The van der Waals surface area contributed by atoms with Gasteiger partial charge in [-0.15, -0.1) is 24.0 Å². The van der Waals surface area contributed by atoms with Crippen molar-refractivity contribution in [2.24, 2.45) is 4.99 Å². The number of nitrogens with zero attached hydrogens (tertiary/aromatic N) is 1. The van der Waals surface area contributed by atoms with Gasteiger partial charge in [0.15, 0.2) is 17.5 Å². The van der Waals surface area contributed by atoms with Crippen LogP contribution in [-0.4, -0.2) is 54.1 Å². The largest absolute Gasteiger partial charge is 0.496 e. The van der Waals surface area contributed by atoms with Gasteiger partial charge in [-0.25, -0.2) is 0 Å². The number of aliphatic imine (C=N–C) groups is 1. The van der Waals surface area contributed by atoms with Gasteiger partial charge in [0.25, 0.3) is 0 Å². The van der Waals surface area contributed by atoms with Crippen molar-refractivity contribution in [2.75, 3.05) is 53.5 Å². The lowest BCUT2D eigenvalue weighted by molar-refractivity contribution is 0.297. The van der Waals surface area contributed by atoms with Crippen LogP contribution in [0.25, 0.3) is 0 Å². The number of fused-ring (bicyclic) bond motifs is 1. The van der Waals surface area contributed by atoms with Gasteiger partial charge in [0, 0.05) is 49.5 Å². The average Bonchev–Trinajstić information content (AvgIpc) is 3.03. The SMILES string of the molecule is CN=C(NCCc1c(OC)cc(OC)cc1OC)Nc1ccc2c(c1)OCCCO2.I. The number of rotatable bonds is 7. The monoisotopic (exact) mass is 543 g/mol. The highest BCUT2D eigenvalue weighted by Crippen LogP contribution is 2.34. The van der Waals surface area contributed by atoms with Crippen molar-refractivity contribution < 1.29 is 23.7 Å². The van der Waals surface area contributed by atoms with Crippen molar-refractivity contribution in [2.45, 2.75) is 12.8 Å². The van der Waals surface area contributed by atoms with E-state index in [9.17, 15) is 0 Å². The Bertz CT molecular complexity index is 866. The highest BCUT2D eigenvalue weighted by molar-refractivity contribution is 14.0. The molecule has 0 saturated heterocycles. The van der Waals surface area contributed by atoms with Crippen LogP contribution in [0.3, 0.4) is 0 Å². The van der Waals surface area contributed by atoms with Crippen LogP contribution < -0.4 is 34.3 Å². The molecule has 0 saturated carbocycles. The van der Waals surface area contributed by atoms with E-state index in [2.05, 4.69) is 15.6 Å². The second kappa shape index (κ2) is 12.3. The van der Waals surface area contributed by atoms with Gasteiger partial charge >= 0.3 is 0 Å². The molecule has 0 aromatic heterocycles. The predicted octanol–water partition coefficient (Wildman–Crippen LogP) is 3.72. The Balaban J connectivity index is 0.00000341. The average molecular weight is 543 g/mol. The minimum absolute atomic E-state index is 0. The molecule has 0 bridgehead atoms. The molecular weight excluding hydrogens is 513 g/mol. The fraction of sp³-hybridized carbons (Fsp3) is 0.409. The Hall–Kier alpha value is -2.56. The van der Waals surface area contributed by atoms with E-state index in [4.69, 9.17) is 23.7 Å². The van der Waals surface area contributed by atoms with Crippen LogP contribution in [0.1, 0.15) is 12.0 Å². The normalized spacial score (nSPS) is 12.8. The Morgan fingerprint density at radius 2 is 1.65 bits per heavy atom. The van der Waals surface area contributed by atoms with E-state index in [1.54, 1.807) is 28.4 Å². The molecule has 8 nitrogen and oxygen atoms in total. The number of halogens is 1. The molecule has 0 radical (unpaired) electrons. The first-order chi connectivity index (χ1) is 14.7. The van der Waals surface area contributed by atoms with E-state index in [1.807, 2.05) is 30.3 Å². The molecule has 1 aliphatic heterocycles. The summed E-state index contributed by atoms with van der Waals surface area (Å²) in [6.45, 7) is 1.94. The molecule has 0 aliphatic carbocycles. The van der Waals surface area contributed by atoms with Crippen molar-refractivity contribution in [1.29, 1.82) is 0 Å². The highest BCUT2D eigenvalue weighted by atomic mass is 127. The molecule has 0 spiro atoms. The summed E-state index contributed by atoms with van der Waals surface area (Å²) in [4.78, 5) is 4.30. The fourth-order valence-electron chi connectivity index (χ4n) is 3.19. The van der Waals surface area contributed by atoms with E-state index in [1.165, 1.54) is 0 Å². The molecule has 31 heavy (non-hydrogen) atoms. The Morgan fingerprint density at radius 1 is 0.968 bits per heavy atom.